The van der Waals surface area contributed by atoms with Crippen LogP contribution in [-0.4, -0.2) is 11.6 Å². The number of cyclic esters (lactones) is 1. The number of hydrogen-bond acceptors (Lipinski definition) is 2. The fourth-order valence-corrected chi connectivity index (χ4v) is 0.769. The van der Waals surface area contributed by atoms with Crippen LogP contribution in [0.25, 0.3) is 0 Å². The summed E-state index contributed by atoms with van der Waals surface area (Å²) in [7, 11) is 0. The van der Waals surface area contributed by atoms with Crippen LogP contribution in [0.3, 0.4) is 0 Å². The van der Waals surface area contributed by atoms with Crippen molar-refractivity contribution in [2.75, 3.05) is 0 Å². The maximum absolute atomic E-state index is 10.3. The Kier molecular flexibility index (Phi) is 1.03. The molecular weight excluding hydrogens is 104 g/mol. The first-order valence-electron chi connectivity index (χ1n) is 2.88. The summed E-state index contributed by atoms with van der Waals surface area (Å²) in [5, 5.41) is 0. The van der Waals surface area contributed by atoms with Crippen LogP contribution in [-0.2, 0) is 9.53 Å². The molecule has 0 amide bonds. The highest BCUT2D eigenvalue weighted by Crippen LogP contribution is 2.29. The van der Waals surface area contributed by atoms with Crippen molar-refractivity contribution >= 4 is 5.97 Å². The van der Waals surface area contributed by atoms with Gasteiger partial charge in [0.05, 0.1) is 6.42 Å². The Balaban J connectivity index is 2.40. The summed E-state index contributed by atoms with van der Waals surface area (Å²) in [6, 6.07) is 0. The predicted molar refractivity (Wildman–Crippen MR) is 29.4 cm³/mol. The van der Waals surface area contributed by atoms with Crippen LogP contribution in [0.15, 0.2) is 0 Å². The molecule has 0 spiro atoms. The monoisotopic (exact) mass is 114 g/mol. The quantitative estimate of drug-likeness (QED) is 0.477. The molecule has 1 saturated heterocycles. The van der Waals surface area contributed by atoms with Crippen LogP contribution < -0.4 is 0 Å². The molecule has 1 aliphatic heterocycles. The van der Waals surface area contributed by atoms with Crippen molar-refractivity contribution in [3.8, 4) is 0 Å². The molecule has 1 unspecified atom stereocenters. The van der Waals surface area contributed by atoms with Crippen molar-refractivity contribution < 1.29 is 9.53 Å². The molecule has 1 fully saturated rings. The van der Waals surface area contributed by atoms with E-state index in [1.165, 1.54) is 0 Å². The lowest BCUT2D eigenvalue weighted by Gasteiger charge is -2.36. The van der Waals surface area contributed by atoms with Gasteiger partial charge >= 0.3 is 5.97 Å². The number of ether oxygens (including phenoxy) is 1. The van der Waals surface area contributed by atoms with Crippen molar-refractivity contribution in [3.05, 3.63) is 0 Å². The van der Waals surface area contributed by atoms with Crippen molar-refractivity contribution in [2.45, 2.75) is 32.3 Å². The van der Waals surface area contributed by atoms with Crippen molar-refractivity contribution in [3.63, 3.8) is 0 Å². The number of carbonyl (C=O) groups excluding carboxylic acids is 1. The van der Waals surface area contributed by atoms with E-state index in [9.17, 15) is 4.79 Å². The van der Waals surface area contributed by atoms with E-state index in [4.69, 9.17) is 4.74 Å². The van der Waals surface area contributed by atoms with E-state index in [1.54, 1.807) is 0 Å². The first-order valence-corrected chi connectivity index (χ1v) is 2.88. The smallest absolute Gasteiger partial charge is 0.310 e. The van der Waals surface area contributed by atoms with Crippen LogP contribution in [0.2, 0.25) is 0 Å². The van der Waals surface area contributed by atoms with Gasteiger partial charge in [-0.3, -0.25) is 4.79 Å². The average Bonchev–Trinajstić information content (AvgIpc) is 1.63. The van der Waals surface area contributed by atoms with Gasteiger partial charge in [-0.25, -0.2) is 0 Å². The summed E-state index contributed by atoms with van der Waals surface area (Å²) in [4.78, 5) is 10.3. The van der Waals surface area contributed by atoms with E-state index < -0.39 is 0 Å². The highest BCUT2D eigenvalue weighted by Gasteiger charge is 2.39. The summed E-state index contributed by atoms with van der Waals surface area (Å²) < 4.78 is 4.84. The molecule has 46 valence electrons. The summed E-state index contributed by atoms with van der Waals surface area (Å²) in [6.45, 7) is 3.97. The molecule has 0 aromatic heterocycles. The number of hydrogen-bond donors (Lipinski definition) is 0. The predicted octanol–water partition coefficient (Wildman–Crippen LogP) is 1.10. The van der Waals surface area contributed by atoms with Gasteiger partial charge in [-0.05, 0) is 13.3 Å². The van der Waals surface area contributed by atoms with Crippen molar-refractivity contribution in [1.29, 1.82) is 0 Å². The Labute approximate surface area is 48.8 Å². The third kappa shape index (κ3) is 0.703. The minimum absolute atomic E-state index is 0.0608. The molecule has 0 aromatic carbocycles. The van der Waals surface area contributed by atoms with Crippen molar-refractivity contribution in [1.82, 2.24) is 0 Å². The van der Waals surface area contributed by atoms with Gasteiger partial charge in [0.25, 0.3) is 0 Å². The Bertz CT molecular complexity index is 110. The molecule has 1 atom stereocenters. The zero-order valence-electron chi connectivity index (χ0n) is 5.23. The lowest BCUT2D eigenvalue weighted by Crippen LogP contribution is -2.44. The second kappa shape index (κ2) is 1.47. The lowest BCUT2D eigenvalue weighted by molar-refractivity contribution is -0.188. The maximum atomic E-state index is 10.3. The molecule has 0 aliphatic carbocycles. The maximum Gasteiger partial charge on any atom is 0.310 e. The topological polar surface area (TPSA) is 26.3 Å². The van der Waals surface area contributed by atoms with Crippen molar-refractivity contribution in [2.24, 2.45) is 0 Å². The minimum Gasteiger partial charge on any atom is -0.459 e. The molecule has 8 heavy (non-hydrogen) atoms. The molecule has 2 heteroatoms. The number of rotatable bonds is 1. The van der Waals surface area contributed by atoms with Gasteiger partial charge in [-0.1, -0.05) is 6.92 Å². The standard InChI is InChI=1S/C6H10O2/c1-3-6(2)4-5(7)8-6/h3-4H2,1-2H3. The third-order valence-electron chi connectivity index (χ3n) is 1.63. The molecule has 0 aromatic rings. The van der Waals surface area contributed by atoms with E-state index in [0.717, 1.165) is 6.42 Å². The summed E-state index contributed by atoms with van der Waals surface area (Å²) >= 11 is 0. The first-order chi connectivity index (χ1) is 3.66. The molecule has 0 radical (unpaired) electrons. The van der Waals surface area contributed by atoms with Crippen LogP contribution in [0.1, 0.15) is 26.7 Å². The zero-order valence-corrected chi connectivity index (χ0v) is 5.23. The van der Waals surface area contributed by atoms with Crippen LogP contribution >= 0.6 is 0 Å². The Morgan fingerprint density at radius 3 is 2.50 bits per heavy atom. The molecular formula is C6H10O2. The first kappa shape index (κ1) is 5.60. The SMILES string of the molecule is CCC1(C)CC(=O)O1. The summed E-state index contributed by atoms with van der Waals surface area (Å²) in [5.41, 5.74) is -0.114. The Hall–Kier alpha value is -0.530. The van der Waals surface area contributed by atoms with E-state index in [0.29, 0.717) is 6.42 Å². The highest BCUT2D eigenvalue weighted by atomic mass is 16.6. The Morgan fingerprint density at radius 2 is 2.38 bits per heavy atom. The Morgan fingerprint density at radius 1 is 1.88 bits per heavy atom. The van der Waals surface area contributed by atoms with Gasteiger partial charge in [0, 0.05) is 0 Å². The number of esters is 1. The summed E-state index contributed by atoms with van der Waals surface area (Å²) in [6.07, 6.45) is 1.53. The normalized spacial score (nSPS) is 36.0. The number of carbonyl (C=O) groups is 1. The van der Waals surface area contributed by atoms with Gasteiger partial charge in [0.15, 0.2) is 0 Å². The van der Waals surface area contributed by atoms with E-state index in [2.05, 4.69) is 0 Å². The third-order valence-corrected chi connectivity index (χ3v) is 1.63. The van der Waals surface area contributed by atoms with E-state index in [-0.39, 0.29) is 11.6 Å². The minimum atomic E-state index is -0.114. The van der Waals surface area contributed by atoms with E-state index >= 15 is 0 Å². The molecule has 1 aliphatic rings. The van der Waals surface area contributed by atoms with Gasteiger partial charge in [0.2, 0.25) is 0 Å². The van der Waals surface area contributed by atoms with Crippen LogP contribution in [0.4, 0.5) is 0 Å². The van der Waals surface area contributed by atoms with Crippen LogP contribution in [0, 0.1) is 0 Å². The molecule has 0 saturated carbocycles. The lowest BCUT2D eigenvalue weighted by atomic mass is 9.94. The highest BCUT2D eigenvalue weighted by molar-refractivity contribution is 5.76. The van der Waals surface area contributed by atoms with Gasteiger partial charge in [0.1, 0.15) is 5.60 Å². The van der Waals surface area contributed by atoms with Gasteiger partial charge in [-0.2, -0.15) is 0 Å². The molecule has 0 bridgehead atoms. The van der Waals surface area contributed by atoms with E-state index in [1.807, 2.05) is 13.8 Å². The fourth-order valence-electron chi connectivity index (χ4n) is 0.769. The molecule has 1 rings (SSSR count). The second-order valence-electron chi connectivity index (χ2n) is 2.45. The fraction of sp³-hybridized carbons (Fsp3) is 0.833. The van der Waals surface area contributed by atoms with Gasteiger partial charge < -0.3 is 4.74 Å². The van der Waals surface area contributed by atoms with Crippen LogP contribution in [0.5, 0.6) is 0 Å². The second-order valence-corrected chi connectivity index (χ2v) is 2.45. The summed E-state index contributed by atoms with van der Waals surface area (Å²) in [5.74, 6) is -0.0608. The zero-order chi connectivity index (χ0) is 6.20. The molecule has 0 N–H and O–H groups in total. The molecule has 1 heterocycles. The molecule has 2 nitrogen and oxygen atoms in total. The van der Waals surface area contributed by atoms with Gasteiger partial charge in [-0.15, -0.1) is 0 Å². The largest absolute Gasteiger partial charge is 0.459 e. The average molecular weight is 114 g/mol.